The van der Waals surface area contributed by atoms with Gasteiger partial charge in [0, 0.05) is 48.8 Å². The van der Waals surface area contributed by atoms with Crippen molar-refractivity contribution < 1.29 is 4.79 Å². The number of likely N-dealkylation sites (tertiary alicyclic amines) is 1. The van der Waals surface area contributed by atoms with Crippen LogP contribution in [0.5, 0.6) is 0 Å². The summed E-state index contributed by atoms with van der Waals surface area (Å²) in [5.74, 6) is 1.78. The van der Waals surface area contributed by atoms with Crippen LogP contribution >= 0.6 is 0 Å². The van der Waals surface area contributed by atoms with Crippen LogP contribution in [-0.4, -0.2) is 41.2 Å². The third-order valence-electron chi connectivity index (χ3n) is 7.61. The number of piperidine rings is 1. The SMILES string of the molecule is CC(C)C1CCC(N2CCC(n3cc(CCNC(N)=O)c4ccccc43)CC2)CC1. The Morgan fingerprint density at radius 3 is 2.43 bits per heavy atom. The zero-order valence-electron chi connectivity index (χ0n) is 18.6. The molecule has 1 aliphatic carbocycles. The Kier molecular flexibility index (Phi) is 6.67. The van der Waals surface area contributed by atoms with E-state index in [0.717, 1.165) is 24.3 Å². The molecule has 1 saturated carbocycles. The van der Waals surface area contributed by atoms with Crippen LogP contribution in [-0.2, 0) is 6.42 Å². The Bertz CT molecular complexity index is 842. The molecule has 1 aliphatic heterocycles. The predicted molar refractivity (Wildman–Crippen MR) is 124 cm³/mol. The number of nitrogens with zero attached hydrogens (tertiary/aromatic N) is 2. The van der Waals surface area contributed by atoms with E-state index in [2.05, 4.69) is 59.1 Å². The highest BCUT2D eigenvalue weighted by molar-refractivity contribution is 5.84. The van der Waals surface area contributed by atoms with Gasteiger partial charge in [0.05, 0.1) is 0 Å². The molecule has 2 fully saturated rings. The fourth-order valence-corrected chi connectivity index (χ4v) is 5.76. The zero-order valence-corrected chi connectivity index (χ0v) is 18.6. The number of fused-ring (bicyclic) bond motifs is 1. The van der Waals surface area contributed by atoms with Gasteiger partial charge < -0.3 is 20.5 Å². The number of nitrogens with one attached hydrogen (secondary N) is 1. The quantitative estimate of drug-likeness (QED) is 0.725. The molecule has 164 valence electrons. The van der Waals surface area contributed by atoms with Crippen LogP contribution in [0.15, 0.2) is 30.5 Å². The van der Waals surface area contributed by atoms with Crippen molar-refractivity contribution in [3.05, 3.63) is 36.0 Å². The average Bonchev–Trinajstić information content (AvgIpc) is 3.12. The summed E-state index contributed by atoms with van der Waals surface area (Å²) in [6.45, 7) is 7.78. The molecule has 1 aromatic heterocycles. The smallest absolute Gasteiger partial charge is 0.312 e. The van der Waals surface area contributed by atoms with Gasteiger partial charge in [0.2, 0.25) is 0 Å². The molecule has 0 unspecified atom stereocenters. The number of amides is 2. The molecule has 5 nitrogen and oxygen atoms in total. The van der Waals surface area contributed by atoms with E-state index in [-0.39, 0.29) is 0 Å². The Morgan fingerprint density at radius 2 is 1.77 bits per heavy atom. The number of benzene rings is 1. The van der Waals surface area contributed by atoms with E-state index in [1.54, 1.807) is 0 Å². The van der Waals surface area contributed by atoms with Gasteiger partial charge in [-0.3, -0.25) is 0 Å². The van der Waals surface area contributed by atoms with E-state index in [9.17, 15) is 4.79 Å². The Hall–Kier alpha value is -2.01. The lowest BCUT2D eigenvalue weighted by Gasteiger charge is -2.42. The lowest BCUT2D eigenvalue weighted by atomic mass is 9.79. The summed E-state index contributed by atoms with van der Waals surface area (Å²) < 4.78 is 2.50. The third-order valence-corrected chi connectivity index (χ3v) is 7.61. The highest BCUT2D eigenvalue weighted by Crippen LogP contribution is 2.35. The topological polar surface area (TPSA) is 63.3 Å². The molecule has 0 spiro atoms. The van der Waals surface area contributed by atoms with Crippen LogP contribution in [0, 0.1) is 11.8 Å². The van der Waals surface area contributed by atoms with E-state index in [0.29, 0.717) is 12.6 Å². The van der Waals surface area contributed by atoms with Crippen molar-refractivity contribution in [2.24, 2.45) is 17.6 Å². The summed E-state index contributed by atoms with van der Waals surface area (Å²) >= 11 is 0. The number of para-hydroxylation sites is 1. The molecule has 2 aromatic rings. The molecule has 2 amide bonds. The predicted octanol–water partition coefficient (Wildman–Crippen LogP) is 4.70. The first-order valence-electron chi connectivity index (χ1n) is 11.9. The van der Waals surface area contributed by atoms with Crippen molar-refractivity contribution in [2.45, 2.75) is 70.9 Å². The van der Waals surface area contributed by atoms with E-state index >= 15 is 0 Å². The lowest BCUT2D eigenvalue weighted by Crippen LogP contribution is -2.43. The third kappa shape index (κ3) is 4.66. The number of urea groups is 1. The zero-order chi connectivity index (χ0) is 21.1. The van der Waals surface area contributed by atoms with Crippen molar-refractivity contribution >= 4 is 16.9 Å². The van der Waals surface area contributed by atoms with Crippen molar-refractivity contribution in [1.82, 2.24) is 14.8 Å². The maximum absolute atomic E-state index is 11.0. The van der Waals surface area contributed by atoms with Gasteiger partial charge in [-0.25, -0.2) is 4.79 Å². The molecule has 2 aliphatic rings. The monoisotopic (exact) mass is 410 g/mol. The second-order valence-corrected chi connectivity index (χ2v) is 9.70. The number of hydrogen-bond acceptors (Lipinski definition) is 2. The van der Waals surface area contributed by atoms with Crippen molar-refractivity contribution in [2.75, 3.05) is 19.6 Å². The summed E-state index contributed by atoms with van der Waals surface area (Å²) in [5.41, 5.74) is 7.85. The number of hydrogen-bond donors (Lipinski definition) is 2. The molecule has 2 heterocycles. The van der Waals surface area contributed by atoms with Crippen molar-refractivity contribution in [3.63, 3.8) is 0 Å². The van der Waals surface area contributed by atoms with Crippen molar-refractivity contribution in [3.8, 4) is 0 Å². The van der Waals surface area contributed by atoms with Gasteiger partial charge in [-0.2, -0.15) is 0 Å². The second kappa shape index (κ2) is 9.42. The summed E-state index contributed by atoms with van der Waals surface area (Å²) in [6.07, 6.45) is 11.2. The van der Waals surface area contributed by atoms with Gasteiger partial charge in [0.25, 0.3) is 0 Å². The van der Waals surface area contributed by atoms with E-state index < -0.39 is 6.03 Å². The Labute approximate surface area is 181 Å². The van der Waals surface area contributed by atoms with Crippen LogP contribution in [0.25, 0.3) is 10.9 Å². The molecule has 3 N–H and O–H groups in total. The average molecular weight is 411 g/mol. The van der Waals surface area contributed by atoms with Crippen LogP contribution in [0.2, 0.25) is 0 Å². The molecule has 0 bridgehead atoms. The molecule has 0 radical (unpaired) electrons. The molecule has 5 heteroatoms. The summed E-state index contributed by atoms with van der Waals surface area (Å²) in [5, 5.41) is 4.03. The minimum Gasteiger partial charge on any atom is -0.352 e. The highest BCUT2D eigenvalue weighted by Gasteiger charge is 2.30. The number of carbonyl (C=O) groups excluding carboxylic acids is 1. The van der Waals surface area contributed by atoms with E-state index in [1.165, 1.54) is 68.1 Å². The summed E-state index contributed by atoms with van der Waals surface area (Å²) in [7, 11) is 0. The lowest BCUT2D eigenvalue weighted by molar-refractivity contribution is 0.0894. The fourth-order valence-electron chi connectivity index (χ4n) is 5.76. The minimum absolute atomic E-state index is 0.450. The van der Waals surface area contributed by atoms with Crippen LogP contribution < -0.4 is 11.1 Å². The maximum Gasteiger partial charge on any atom is 0.312 e. The Balaban J connectivity index is 1.39. The fraction of sp³-hybridized carbons (Fsp3) is 0.640. The van der Waals surface area contributed by atoms with Gasteiger partial charge in [-0.05, 0) is 68.4 Å². The Morgan fingerprint density at radius 1 is 1.07 bits per heavy atom. The van der Waals surface area contributed by atoms with Crippen LogP contribution in [0.3, 0.4) is 0 Å². The minimum atomic E-state index is -0.450. The largest absolute Gasteiger partial charge is 0.352 e. The summed E-state index contributed by atoms with van der Waals surface area (Å²) in [6, 6.07) is 9.59. The molecule has 1 saturated heterocycles. The first-order chi connectivity index (χ1) is 14.5. The van der Waals surface area contributed by atoms with E-state index in [1.807, 2.05) is 0 Å². The van der Waals surface area contributed by atoms with Gasteiger partial charge in [-0.1, -0.05) is 32.0 Å². The normalized spacial score (nSPS) is 23.8. The standard InChI is InChI=1S/C25H38N4O/c1-18(2)19-7-9-21(10-8-19)28-15-12-22(13-16-28)29-17-20(11-14-27-25(26)30)23-5-3-4-6-24(23)29/h3-6,17-19,21-22H,7-16H2,1-2H3,(H3,26,27,30). The molecular weight excluding hydrogens is 372 g/mol. The van der Waals surface area contributed by atoms with E-state index in [4.69, 9.17) is 5.73 Å². The molecule has 0 atom stereocenters. The number of carbonyl (C=O) groups is 1. The van der Waals surface area contributed by atoms with Crippen molar-refractivity contribution in [1.29, 1.82) is 0 Å². The van der Waals surface area contributed by atoms with Crippen LogP contribution in [0.4, 0.5) is 4.79 Å². The maximum atomic E-state index is 11.0. The number of primary amides is 1. The van der Waals surface area contributed by atoms with Crippen LogP contribution in [0.1, 0.15) is 64.0 Å². The number of rotatable bonds is 6. The molecule has 1 aromatic carbocycles. The van der Waals surface area contributed by atoms with Gasteiger partial charge in [0.1, 0.15) is 0 Å². The second-order valence-electron chi connectivity index (χ2n) is 9.70. The first kappa shape index (κ1) is 21.2. The number of aromatic nitrogens is 1. The van der Waals surface area contributed by atoms with Gasteiger partial charge >= 0.3 is 6.03 Å². The molecule has 4 rings (SSSR count). The molecule has 30 heavy (non-hydrogen) atoms. The first-order valence-corrected chi connectivity index (χ1v) is 11.9. The number of nitrogens with two attached hydrogens (primary N) is 1. The molecular formula is C25H38N4O. The summed E-state index contributed by atoms with van der Waals surface area (Å²) in [4.78, 5) is 13.8. The van der Waals surface area contributed by atoms with Gasteiger partial charge in [-0.15, -0.1) is 0 Å². The highest BCUT2D eigenvalue weighted by atomic mass is 16.2. The van der Waals surface area contributed by atoms with Gasteiger partial charge in [0.15, 0.2) is 0 Å².